The SMILES string of the molecule is CCC[C@H](NC(=O)N(C)CC1(O)CCCC1)C(=O)O. The Morgan fingerprint density at radius 1 is 1.37 bits per heavy atom. The molecule has 6 heteroatoms. The Balaban J connectivity index is 2.49. The molecule has 1 saturated carbocycles. The van der Waals surface area contributed by atoms with Crippen LogP contribution in [0, 0.1) is 0 Å². The van der Waals surface area contributed by atoms with E-state index in [1.165, 1.54) is 4.90 Å². The van der Waals surface area contributed by atoms with Gasteiger partial charge in [-0.05, 0) is 19.3 Å². The summed E-state index contributed by atoms with van der Waals surface area (Å²) in [5.41, 5.74) is -0.810. The number of carbonyl (C=O) groups excluding carboxylic acids is 1. The number of nitrogens with one attached hydrogen (secondary N) is 1. The van der Waals surface area contributed by atoms with Crippen molar-refractivity contribution in [2.75, 3.05) is 13.6 Å². The highest BCUT2D eigenvalue weighted by molar-refractivity contribution is 5.82. The molecule has 6 nitrogen and oxygen atoms in total. The molecule has 0 aromatic heterocycles. The third-order valence-electron chi connectivity index (χ3n) is 3.59. The van der Waals surface area contributed by atoms with Crippen LogP contribution in [0.25, 0.3) is 0 Å². The van der Waals surface area contributed by atoms with E-state index in [1.54, 1.807) is 7.05 Å². The van der Waals surface area contributed by atoms with Crippen molar-refractivity contribution < 1.29 is 19.8 Å². The third kappa shape index (κ3) is 4.70. The first-order valence-electron chi connectivity index (χ1n) is 6.85. The minimum absolute atomic E-state index is 0.247. The molecule has 0 spiro atoms. The average Bonchev–Trinajstić information content (AvgIpc) is 2.74. The van der Waals surface area contributed by atoms with E-state index in [9.17, 15) is 14.7 Å². The van der Waals surface area contributed by atoms with Gasteiger partial charge in [-0.25, -0.2) is 9.59 Å². The van der Waals surface area contributed by atoms with Gasteiger partial charge in [0.15, 0.2) is 0 Å². The normalized spacial score (nSPS) is 18.9. The predicted molar refractivity (Wildman–Crippen MR) is 70.9 cm³/mol. The first-order valence-corrected chi connectivity index (χ1v) is 6.85. The van der Waals surface area contributed by atoms with Gasteiger partial charge < -0.3 is 20.4 Å². The zero-order valence-corrected chi connectivity index (χ0v) is 11.7. The van der Waals surface area contributed by atoms with Gasteiger partial charge in [-0.3, -0.25) is 0 Å². The van der Waals surface area contributed by atoms with Crippen LogP contribution in [0.15, 0.2) is 0 Å². The molecule has 19 heavy (non-hydrogen) atoms. The van der Waals surface area contributed by atoms with Crippen molar-refractivity contribution in [3.8, 4) is 0 Å². The standard InChI is InChI=1S/C13H24N2O4/c1-3-6-10(11(16)17)14-12(18)15(2)9-13(19)7-4-5-8-13/h10,19H,3-9H2,1-2H3,(H,14,18)(H,16,17)/t10-/m0/s1. The maximum atomic E-state index is 11.9. The maximum absolute atomic E-state index is 11.9. The number of hydrogen-bond acceptors (Lipinski definition) is 3. The largest absolute Gasteiger partial charge is 0.480 e. The molecule has 1 atom stereocenters. The fourth-order valence-corrected chi connectivity index (χ4v) is 2.51. The number of carboxylic acids is 1. The second-order valence-electron chi connectivity index (χ2n) is 5.42. The Bertz CT molecular complexity index is 327. The van der Waals surface area contributed by atoms with E-state index in [1.807, 2.05) is 6.92 Å². The summed E-state index contributed by atoms with van der Waals surface area (Å²) in [7, 11) is 1.58. The summed E-state index contributed by atoms with van der Waals surface area (Å²) in [6.45, 7) is 2.12. The Morgan fingerprint density at radius 3 is 2.42 bits per heavy atom. The van der Waals surface area contributed by atoms with Crippen molar-refractivity contribution >= 4 is 12.0 Å². The Morgan fingerprint density at radius 2 is 1.95 bits per heavy atom. The number of likely N-dealkylation sites (N-methyl/N-ethyl adjacent to an activating group) is 1. The Labute approximate surface area is 113 Å². The molecule has 0 aliphatic heterocycles. The summed E-state index contributed by atoms with van der Waals surface area (Å²) >= 11 is 0. The molecule has 0 radical (unpaired) electrons. The van der Waals surface area contributed by atoms with Crippen LogP contribution in [0.5, 0.6) is 0 Å². The molecule has 1 aliphatic carbocycles. The molecule has 0 heterocycles. The van der Waals surface area contributed by atoms with Crippen molar-refractivity contribution in [1.29, 1.82) is 0 Å². The number of carboxylic acid groups (broad SMARTS) is 1. The molecule has 1 fully saturated rings. The summed E-state index contributed by atoms with van der Waals surface area (Å²) in [4.78, 5) is 24.2. The number of hydrogen-bond donors (Lipinski definition) is 3. The minimum atomic E-state index is -1.02. The number of nitrogens with zero attached hydrogens (tertiary/aromatic N) is 1. The van der Waals surface area contributed by atoms with Crippen LogP contribution in [-0.2, 0) is 4.79 Å². The summed E-state index contributed by atoms with van der Waals surface area (Å²) in [6.07, 6.45) is 4.42. The van der Waals surface area contributed by atoms with Gasteiger partial charge >= 0.3 is 12.0 Å². The van der Waals surface area contributed by atoms with E-state index >= 15 is 0 Å². The molecule has 0 bridgehead atoms. The number of rotatable bonds is 6. The van der Waals surface area contributed by atoms with Crippen molar-refractivity contribution in [2.24, 2.45) is 0 Å². The second-order valence-corrected chi connectivity index (χ2v) is 5.42. The van der Waals surface area contributed by atoms with Crippen LogP contribution in [0.4, 0.5) is 4.79 Å². The molecule has 2 amide bonds. The lowest BCUT2D eigenvalue weighted by molar-refractivity contribution is -0.139. The van der Waals surface area contributed by atoms with Gasteiger partial charge in [-0.1, -0.05) is 26.2 Å². The van der Waals surface area contributed by atoms with Crippen molar-refractivity contribution in [2.45, 2.75) is 57.1 Å². The molecule has 1 rings (SSSR count). The van der Waals surface area contributed by atoms with Gasteiger partial charge in [0.25, 0.3) is 0 Å². The lowest BCUT2D eigenvalue weighted by Crippen LogP contribution is -2.50. The van der Waals surface area contributed by atoms with Gasteiger partial charge in [0.05, 0.1) is 12.1 Å². The van der Waals surface area contributed by atoms with E-state index in [2.05, 4.69) is 5.32 Å². The van der Waals surface area contributed by atoms with Crippen LogP contribution in [-0.4, -0.2) is 52.3 Å². The second kappa shape index (κ2) is 6.75. The summed E-state index contributed by atoms with van der Waals surface area (Å²) in [6, 6.07) is -1.31. The number of urea groups is 1. The lowest BCUT2D eigenvalue weighted by Gasteiger charge is -2.29. The van der Waals surface area contributed by atoms with E-state index in [-0.39, 0.29) is 6.54 Å². The van der Waals surface area contributed by atoms with Crippen LogP contribution < -0.4 is 5.32 Å². The van der Waals surface area contributed by atoms with Crippen molar-refractivity contribution in [3.05, 3.63) is 0 Å². The zero-order valence-electron chi connectivity index (χ0n) is 11.7. The van der Waals surface area contributed by atoms with Crippen molar-refractivity contribution in [1.82, 2.24) is 10.2 Å². The van der Waals surface area contributed by atoms with Gasteiger partial charge in [-0.2, -0.15) is 0 Å². The van der Waals surface area contributed by atoms with Gasteiger partial charge in [0.1, 0.15) is 6.04 Å². The van der Waals surface area contributed by atoms with Gasteiger partial charge in [0.2, 0.25) is 0 Å². The Hall–Kier alpha value is -1.30. The molecular formula is C13H24N2O4. The molecule has 3 N–H and O–H groups in total. The first-order chi connectivity index (χ1) is 8.88. The summed E-state index contributed by atoms with van der Waals surface area (Å²) in [5.74, 6) is -1.02. The molecule has 0 unspecified atom stereocenters. The third-order valence-corrected chi connectivity index (χ3v) is 3.59. The van der Waals surface area contributed by atoms with Crippen LogP contribution in [0.1, 0.15) is 45.4 Å². The molecule has 110 valence electrons. The van der Waals surface area contributed by atoms with Crippen LogP contribution in [0.2, 0.25) is 0 Å². The van der Waals surface area contributed by atoms with E-state index < -0.39 is 23.6 Å². The highest BCUT2D eigenvalue weighted by Gasteiger charge is 2.34. The maximum Gasteiger partial charge on any atom is 0.326 e. The minimum Gasteiger partial charge on any atom is -0.480 e. The average molecular weight is 272 g/mol. The smallest absolute Gasteiger partial charge is 0.326 e. The van der Waals surface area contributed by atoms with Crippen LogP contribution >= 0.6 is 0 Å². The molecule has 0 saturated heterocycles. The fourth-order valence-electron chi connectivity index (χ4n) is 2.51. The number of carbonyl (C=O) groups is 2. The fraction of sp³-hybridized carbons (Fsp3) is 0.846. The number of amides is 2. The molecule has 1 aliphatic rings. The van der Waals surface area contributed by atoms with Crippen LogP contribution in [0.3, 0.4) is 0 Å². The highest BCUT2D eigenvalue weighted by Crippen LogP contribution is 2.29. The van der Waals surface area contributed by atoms with E-state index in [4.69, 9.17) is 5.11 Å². The number of aliphatic carboxylic acids is 1. The van der Waals surface area contributed by atoms with E-state index in [0.29, 0.717) is 25.7 Å². The van der Waals surface area contributed by atoms with Crippen molar-refractivity contribution in [3.63, 3.8) is 0 Å². The topological polar surface area (TPSA) is 89.9 Å². The zero-order chi connectivity index (χ0) is 14.5. The van der Waals surface area contributed by atoms with E-state index in [0.717, 1.165) is 12.8 Å². The molecular weight excluding hydrogens is 248 g/mol. The molecule has 0 aromatic carbocycles. The lowest BCUT2D eigenvalue weighted by atomic mass is 10.0. The number of aliphatic hydroxyl groups is 1. The quantitative estimate of drug-likeness (QED) is 0.677. The Kier molecular flexibility index (Phi) is 5.60. The predicted octanol–water partition coefficient (Wildman–Crippen LogP) is 1.19. The first kappa shape index (κ1) is 15.8. The molecule has 0 aromatic rings. The highest BCUT2D eigenvalue weighted by atomic mass is 16.4. The van der Waals surface area contributed by atoms with Gasteiger partial charge in [0, 0.05) is 7.05 Å². The summed E-state index contributed by atoms with van der Waals surface area (Å²) < 4.78 is 0. The van der Waals surface area contributed by atoms with Gasteiger partial charge in [-0.15, -0.1) is 0 Å². The summed E-state index contributed by atoms with van der Waals surface area (Å²) in [5, 5.41) is 21.7. The monoisotopic (exact) mass is 272 g/mol.